The fourth-order valence-electron chi connectivity index (χ4n) is 1.22. The highest BCUT2D eigenvalue weighted by molar-refractivity contribution is 7.13. The third-order valence-corrected chi connectivity index (χ3v) is 2.78. The SMILES string of the molecule is CCCCCCc1csc(NN)n1. The molecule has 0 amide bonds. The topological polar surface area (TPSA) is 50.9 Å². The minimum absolute atomic E-state index is 0.811. The van der Waals surface area contributed by atoms with Gasteiger partial charge in [-0.1, -0.05) is 26.2 Å². The van der Waals surface area contributed by atoms with Crippen molar-refractivity contribution in [3.63, 3.8) is 0 Å². The monoisotopic (exact) mass is 199 g/mol. The Balaban J connectivity index is 2.20. The average molecular weight is 199 g/mol. The number of nitrogens with zero attached hydrogens (tertiary/aromatic N) is 1. The second-order valence-electron chi connectivity index (χ2n) is 3.10. The highest BCUT2D eigenvalue weighted by Crippen LogP contribution is 2.15. The number of rotatable bonds is 6. The molecule has 0 aliphatic carbocycles. The van der Waals surface area contributed by atoms with E-state index in [2.05, 4.69) is 22.7 Å². The zero-order chi connectivity index (χ0) is 9.52. The molecule has 0 radical (unpaired) electrons. The van der Waals surface area contributed by atoms with Crippen molar-refractivity contribution in [2.24, 2.45) is 5.84 Å². The molecule has 1 heterocycles. The molecule has 0 aliphatic heterocycles. The van der Waals surface area contributed by atoms with Gasteiger partial charge in [0.05, 0.1) is 5.69 Å². The van der Waals surface area contributed by atoms with Crippen LogP contribution in [0.3, 0.4) is 0 Å². The highest BCUT2D eigenvalue weighted by atomic mass is 32.1. The molecule has 3 nitrogen and oxygen atoms in total. The van der Waals surface area contributed by atoms with Crippen molar-refractivity contribution in [3.05, 3.63) is 11.1 Å². The van der Waals surface area contributed by atoms with E-state index in [4.69, 9.17) is 5.84 Å². The number of thiazole rings is 1. The number of hydrogen-bond acceptors (Lipinski definition) is 4. The molecule has 0 bridgehead atoms. The van der Waals surface area contributed by atoms with Crippen molar-refractivity contribution in [1.29, 1.82) is 0 Å². The van der Waals surface area contributed by atoms with Gasteiger partial charge >= 0.3 is 0 Å². The van der Waals surface area contributed by atoms with Crippen LogP contribution in [0.5, 0.6) is 0 Å². The number of anilines is 1. The number of nitrogen functional groups attached to an aromatic ring is 1. The summed E-state index contributed by atoms with van der Waals surface area (Å²) in [4.78, 5) is 4.31. The van der Waals surface area contributed by atoms with Crippen molar-refractivity contribution in [3.8, 4) is 0 Å². The summed E-state index contributed by atoms with van der Waals surface area (Å²) in [5, 5.41) is 2.88. The molecule has 74 valence electrons. The van der Waals surface area contributed by atoms with Crippen molar-refractivity contribution >= 4 is 16.5 Å². The van der Waals surface area contributed by atoms with Crippen molar-refractivity contribution in [2.75, 3.05) is 5.43 Å². The zero-order valence-corrected chi connectivity index (χ0v) is 8.86. The maximum absolute atomic E-state index is 5.24. The molecule has 3 N–H and O–H groups in total. The summed E-state index contributed by atoms with van der Waals surface area (Å²) in [6.07, 6.45) is 6.23. The fraction of sp³-hybridized carbons (Fsp3) is 0.667. The Morgan fingerprint density at radius 3 is 2.92 bits per heavy atom. The first-order chi connectivity index (χ1) is 6.36. The Morgan fingerprint density at radius 2 is 2.31 bits per heavy atom. The van der Waals surface area contributed by atoms with E-state index in [-0.39, 0.29) is 0 Å². The molecule has 0 saturated heterocycles. The third kappa shape index (κ3) is 3.74. The van der Waals surface area contributed by atoms with E-state index >= 15 is 0 Å². The maximum atomic E-state index is 5.24. The van der Waals surface area contributed by atoms with E-state index in [9.17, 15) is 0 Å². The molecule has 0 spiro atoms. The minimum atomic E-state index is 0.811. The number of hydrogen-bond donors (Lipinski definition) is 2. The summed E-state index contributed by atoms with van der Waals surface area (Å²) in [7, 11) is 0. The quantitative estimate of drug-likeness (QED) is 0.420. The van der Waals surface area contributed by atoms with Crippen molar-refractivity contribution in [2.45, 2.75) is 39.0 Å². The van der Waals surface area contributed by atoms with Gasteiger partial charge in [0.1, 0.15) is 0 Å². The van der Waals surface area contributed by atoms with Crippen molar-refractivity contribution in [1.82, 2.24) is 4.98 Å². The standard InChI is InChI=1S/C9H17N3S/c1-2-3-4-5-6-8-7-13-9(11-8)12-10/h7H,2-6,10H2,1H3,(H,11,12). The summed E-state index contributed by atoms with van der Waals surface area (Å²) in [6.45, 7) is 2.22. The van der Waals surface area contributed by atoms with Gasteiger partial charge in [-0.05, 0) is 12.8 Å². The van der Waals surface area contributed by atoms with Crippen LogP contribution in [0.25, 0.3) is 0 Å². The number of aryl methyl sites for hydroxylation is 1. The van der Waals surface area contributed by atoms with Crippen LogP contribution in [0.2, 0.25) is 0 Å². The van der Waals surface area contributed by atoms with Gasteiger partial charge in [0.25, 0.3) is 0 Å². The molecule has 0 aliphatic rings. The van der Waals surface area contributed by atoms with Gasteiger partial charge in [0.15, 0.2) is 5.13 Å². The molecule has 13 heavy (non-hydrogen) atoms. The van der Waals surface area contributed by atoms with Crippen LogP contribution in [0.4, 0.5) is 5.13 Å². The predicted octanol–water partition coefficient (Wildman–Crippen LogP) is 2.55. The molecular weight excluding hydrogens is 182 g/mol. The van der Waals surface area contributed by atoms with Gasteiger partial charge in [-0.3, -0.25) is 5.43 Å². The molecule has 0 unspecified atom stereocenters. The first-order valence-corrected chi connectivity index (χ1v) is 5.65. The lowest BCUT2D eigenvalue weighted by atomic mass is 10.1. The van der Waals surface area contributed by atoms with Crippen LogP contribution < -0.4 is 11.3 Å². The molecule has 1 rings (SSSR count). The normalized spacial score (nSPS) is 10.3. The number of nitrogens with two attached hydrogens (primary N) is 1. The maximum Gasteiger partial charge on any atom is 0.197 e. The largest absolute Gasteiger partial charge is 0.300 e. The molecule has 0 aromatic carbocycles. The Morgan fingerprint density at radius 1 is 1.46 bits per heavy atom. The van der Waals surface area contributed by atoms with E-state index in [0.29, 0.717) is 0 Å². The van der Waals surface area contributed by atoms with E-state index < -0.39 is 0 Å². The summed E-state index contributed by atoms with van der Waals surface area (Å²) < 4.78 is 0. The molecule has 1 aromatic rings. The van der Waals surface area contributed by atoms with Gasteiger partial charge in [-0.15, -0.1) is 11.3 Å². The highest BCUT2D eigenvalue weighted by Gasteiger charge is 1.99. The molecule has 0 atom stereocenters. The van der Waals surface area contributed by atoms with E-state index in [1.807, 2.05) is 0 Å². The zero-order valence-electron chi connectivity index (χ0n) is 8.05. The molecule has 0 saturated carbocycles. The summed E-state index contributed by atoms with van der Waals surface area (Å²) >= 11 is 1.57. The summed E-state index contributed by atoms with van der Waals surface area (Å²) in [6, 6.07) is 0. The van der Waals surface area contributed by atoms with Crippen LogP contribution in [0.1, 0.15) is 38.3 Å². The fourth-order valence-corrected chi connectivity index (χ4v) is 1.88. The lowest BCUT2D eigenvalue weighted by Gasteiger charge is -1.96. The second-order valence-corrected chi connectivity index (χ2v) is 3.96. The Hall–Kier alpha value is -0.610. The number of nitrogens with one attached hydrogen (secondary N) is 1. The molecule has 4 heteroatoms. The van der Waals surface area contributed by atoms with Gasteiger partial charge in [-0.2, -0.15) is 0 Å². The Kier molecular flexibility index (Phi) is 4.78. The van der Waals surface area contributed by atoms with Gasteiger partial charge in [0.2, 0.25) is 0 Å². The average Bonchev–Trinajstić information content (AvgIpc) is 2.60. The van der Waals surface area contributed by atoms with Crippen LogP contribution in [-0.2, 0) is 6.42 Å². The first-order valence-electron chi connectivity index (χ1n) is 4.78. The smallest absolute Gasteiger partial charge is 0.197 e. The van der Waals surface area contributed by atoms with E-state index in [0.717, 1.165) is 17.2 Å². The molecule has 0 fully saturated rings. The number of unbranched alkanes of at least 4 members (excludes halogenated alkanes) is 3. The Bertz CT molecular complexity index is 235. The first kappa shape index (κ1) is 10.5. The van der Waals surface area contributed by atoms with Crippen LogP contribution in [-0.4, -0.2) is 4.98 Å². The lowest BCUT2D eigenvalue weighted by Crippen LogP contribution is -2.06. The van der Waals surface area contributed by atoms with Gasteiger partial charge in [0, 0.05) is 5.38 Å². The van der Waals surface area contributed by atoms with Crippen LogP contribution in [0, 0.1) is 0 Å². The van der Waals surface area contributed by atoms with Gasteiger partial charge < -0.3 is 0 Å². The van der Waals surface area contributed by atoms with Crippen molar-refractivity contribution < 1.29 is 0 Å². The minimum Gasteiger partial charge on any atom is -0.300 e. The van der Waals surface area contributed by atoms with Gasteiger partial charge in [-0.25, -0.2) is 10.8 Å². The Labute approximate surface area is 83.3 Å². The van der Waals surface area contributed by atoms with Crippen LogP contribution in [0.15, 0.2) is 5.38 Å². The number of aromatic nitrogens is 1. The summed E-state index contributed by atoms with van der Waals surface area (Å²) in [5.74, 6) is 5.24. The van der Waals surface area contributed by atoms with E-state index in [1.54, 1.807) is 11.3 Å². The van der Waals surface area contributed by atoms with E-state index in [1.165, 1.54) is 25.7 Å². The summed E-state index contributed by atoms with van der Waals surface area (Å²) in [5.41, 5.74) is 3.72. The lowest BCUT2D eigenvalue weighted by molar-refractivity contribution is 0.662. The second kappa shape index (κ2) is 5.94. The molecule has 1 aromatic heterocycles. The third-order valence-electron chi connectivity index (χ3n) is 1.96. The predicted molar refractivity (Wildman–Crippen MR) is 57.8 cm³/mol. The number of hydrazine groups is 1. The molecular formula is C9H17N3S. The van der Waals surface area contributed by atoms with Crippen LogP contribution >= 0.6 is 11.3 Å².